The Labute approximate surface area is 186 Å². The second kappa shape index (κ2) is 9.70. The summed E-state index contributed by atoms with van der Waals surface area (Å²) in [5.41, 5.74) is 0.532. The molecule has 1 aliphatic rings. The minimum atomic E-state index is -3.73. The molecule has 0 unspecified atom stereocenters. The number of sulfonamides is 1. The molecule has 7 nitrogen and oxygen atoms in total. The van der Waals surface area contributed by atoms with Crippen molar-refractivity contribution in [2.24, 2.45) is 0 Å². The van der Waals surface area contributed by atoms with Crippen molar-refractivity contribution in [3.8, 4) is 0 Å². The third-order valence-electron chi connectivity index (χ3n) is 4.85. The summed E-state index contributed by atoms with van der Waals surface area (Å²) in [6, 6.07) is 6.68. The molecule has 0 radical (unpaired) electrons. The fraction of sp³-hybridized carbons (Fsp3) is 0.450. The first kappa shape index (κ1) is 23.1. The summed E-state index contributed by atoms with van der Waals surface area (Å²) in [5.74, 6) is 0.954. The number of hydrogen-bond acceptors (Lipinski definition) is 6. The summed E-state index contributed by atoms with van der Waals surface area (Å²) in [4.78, 5) is 13.2. The molecule has 2 aromatic rings. The molecule has 2 heterocycles. The minimum Gasteiger partial charge on any atom is -0.461 e. The number of benzene rings is 1. The highest BCUT2D eigenvalue weighted by atomic mass is 35.5. The minimum absolute atomic E-state index is 0.0998. The second-order valence-corrected chi connectivity index (χ2v) is 9.93. The van der Waals surface area contributed by atoms with Crippen molar-refractivity contribution in [2.45, 2.75) is 38.3 Å². The molecular weight excluding hydrogens is 451 g/mol. The zero-order valence-electron chi connectivity index (χ0n) is 16.9. The van der Waals surface area contributed by atoms with Gasteiger partial charge >= 0.3 is 5.97 Å². The van der Waals surface area contributed by atoms with E-state index in [0.29, 0.717) is 48.9 Å². The SMILES string of the molecule is CC(=O)OCc1ccc(CN2CCCN(S(=O)(=O)c3c(C)cc(Cl)cc3Cl)CC2)o1. The van der Waals surface area contributed by atoms with E-state index in [9.17, 15) is 13.2 Å². The van der Waals surface area contributed by atoms with Gasteiger partial charge in [-0.2, -0.15) is 4.31 Å². The average Bonchev–Trinajstić information content (AvgIpc) is 2.94. The molecule has 0 amide bonds. The first-order valence-electron chi connectivity index (χ1n) is 9.56. The summed E-state index contributed by atoms with van der Waals surface area (Å²) >= 11 is 12.2. The van der Waals surface area contributed by atoms with Gasteiger partial charge in [0.25, 0.3) is 0 Å². The van der Waals surface area contributed by atoms with Crippen molar-refractivity contribution in [1.29, 1.82) is 0 Å². The predicted molar refractivity (Wildman–Crippen MR) is 114 cm³/mol. The van der Waals surface area contributed by atoms with Crippen LogP contribution in [0.25, 0.3) is 0 Å². The van der Waals surface area contributed by atoms with Gasteiger partial charge in [0, 0.05) is 31.6 Å². The molecule has 0 N–H and O–H groups in total. The lowest BCUT2D eigenvalue weighted by atomic mass is 10.2. The normalized spacial score (nSPS) is 16.4. The smallest absolute Gasteiger partial charge is 0.303 e. The number of esters is 1. The van der Waals surface area contributed by atoms with Crippen LogP contribution in [-0.4, -0.2) is 49.8 Å². The van der Waals surface area contributed by atoms with Gasteiger partial charge in [0.2, 0.25) is 10.0 Å². The van der Waals surface area contributed by atoms with Gasteiger partial charge in [0.05, 0.1) is 11.6 Å². The topological polar surface area (TPSA) is 80.1 Å². The molecule has 1 fully saturated rings. The average molecular weight is 475 g/mol. The first-order chi connectivity index (χ1) is 14.2. The van der Waals surface area contributed by atoms with Crippen LogP contribution in [0.2, 0.25) is 10.0 Å². The second-order valence-electron chi connectivity index (χ2n) is 7.22. The van der Waals surface area contributed by atoms with Crippen LogP contribution in [0.3, 0.4) is 0 Å². The molecule has 1 saturated heterocycles. The number of carbonyl (C=O) groups excluding carboxylic acids is 1. The Balaban J connectivity index is 1.66. The highest BCUT2D eigenvalue weighted by Crippen LogP contribution is 2.31. The molecule has 30 heavy (non-hydrogen) atoms. The first-order valence-corrected chi connectivity index (χ1v) is 11.8. The van der Waals surface area contributed by atoms with Crippen LogP contribution < -0.4 is 0 Å². The molecule has 10 heteroatoms. The Kier molecular flexibility index (Phi) is 7.47. The Bertz CT molecular complexity index is 999. The van der Waals surface area contributed by atoms with Crippen molar-refractivity contribution >= 4 is 39.2 Å². The fourth-order valence-corrected chi connectivity index (χ4v) is 6.08. The van der Waals surface area contributed by atoms with E-state index < -0.39 is 10.0 Å². The maximum Gasteiger partial charge on any atom is 0.303 e. The summed E-state index contributed by atoms with van der Waals surface area (Å²) in [6.07, 6.45) is 0.685. The third kappa shape index (κ3) is 5.56. The van der Waals surface area contributed by atoms with Gasteiger partial charge in [-0.05, 0) is 49.7 Å². The third-order valence-corrected chi connectivity index (χ3v) is 7.59. The maximum absolute atomic E-state index is 13.2. The van der Waals surface area contributed by atoms with E-state index in [1.165, 1.54) is 17.3 Å². The molecule has 1 aliphatic heterocycles. The highest BCUT2D eigenvalue weighted by molar-refractivity contribution is 7.89. The Hall–Kier alpha value is -1.58. The molecule has 0 bridgehead atoms. The molecular formula is C20H24Cl2N2O5S. The van der Waals surface area contributed by atoms with Crippen LogP contribution in [0.5, 0.6) is 0 Å². The van der Waals surface area contributed by atoms with E-state index >= 15 is 0 Å². The van der Waals surface area contributed by atoms with Gasteiger partial charge in [0.1, 0.15) is 23.0 Å². The van der Waals surface area contributed by atoms with Crippen molar-refractivity contribution < 1.29 is 22.4 Å². The quantitative estimate of drug-likeness (QED) is 0.591. The molecule has 1 aromatic carbocycles. The van der Waals surface area contributed by atoms with E-state index in [-0.39, 0.29) is 22.5 Å². The number of aryl methyl sites for hydroxylation is 1. The summed E-state index contributed by atoms with van der Waals surface area (Å²) in [5, 5.41) is 0.544. The lowest BCUT2D eigenvalue weighted by molar-refractivity contribution is -0.142. The fourth-order valence-electron chi connectivity index (χ4n) is 3.47. The lowest BCUT2D eigenvalue weighted by Crippen LogP contribution is -2.35. The monoisotopic (exact) mass is 474 g/mol. The van der Waals surface area contributed by atoms with Gasteiger partial charge in [-0.15, -0.1) is 0 Å². The molecule has 0 saturated carbocycles. The zero-order chi connectivity index (χ0) is 21.9. The highest BCUT2D eigenvalue weighted by Gasteiger charge is 2.30. The number of halogens is 2. The summed E-state index contributed by atoms with van der Waals surface area (Å²) in [6.45, 7) is 5.74. The summed E-state index contributed by atoms with van der Waals surface area (Å²) < 4.78 is 38.5. The number of ether oxygens (including phenoxy) is 1. The number of nitrogens with zero attached hydrogens (tertiary/aromatic N) is 2. The van der Waals surface area contributed by atoms with Gasteiger partial charge in [0.15, 0.2) is 0 Å². The molecule has 0 atom stereocenters. The number of rotatable bonds is 6. The van der Waals surface area contributed by atoms with Crippen LogP contribution in [0.1, 0.15) is 30.4 Å². The van der Waals surface area contributed by atoms with Gasteiger partial charge in [-0.25, -0.2) is 8.42 Å². The zero-order valence-corrected chi connectivity index (χ0v) is 19.2. The number of carbonyl (C=O) groups is 1. The lowest BCUT2D eigenvalue weighted by Gasteiger charge is -2.22. The van der Waals surface area contributed by atoms with Crippen LogP contribution >= 0.6 is 23.2 Å². The standard InChI is InChI=1S/C20H24Cl2N2O5S/c1-14-10-16(21)11-19(22)20(14)30(26,27)24-7-3-6-23(8-9-24)12-17-4-5-18(29-17)13-28-15(2)25/h4-5,10-11H,3,6-9,12-13H2,1-2H3. The van der Waals surface area contributed by atoms with Crippen molar-refractivity contribution in [1.82, 2.24) is 9.21 Å². The molecule has 0 aliphatic carbocycles. The Morgan fingerprint density at radius 3 is 2.57 bits per heavy atom. The van der Waals surface area contributed by atoms with E-state index in [1.54, 1.807) is 19.1 Å². The van der Waals surface area contributed by atoms with Gasteiger partial charge in [-0.1, -0.05) is 23.2 Å². The number of furan rings is 1. The maximum atomic E-state index is 13.2. The van der Waals surface area contributed by atoms with Gasteiger partial charge in [-0.3, -0.25) is 9.69 Å². The van der Waals surface area contributed by atoms with E-state index in [0.717, 1.165) is 12.3 Å². The Morgan fingerprint density at radius 2 is 1.87 bits per heavy atom. The molecule has 0 spiro atoms. The van der Waals surface area contributed by atoms with Crippen molar-refractivity contribution in [3.05, 3.63) is 51.4 Å². The van der Waals surface area contributed by atoms with Crippen molar-refractivity contribution in [3.63, 3.8) is 0 Å². The molecule has 3 rings (SSSR count). The van der Waals surface area contributed by atoms with Crippen LogP contribution in [0.4, 0.5) is 0 Å². The molecule has 1 aromatic heterocycles. The van der Waals surface area contributed by atoms with E-state index in [1.807, 2.05) is 6.07 Å². The molecule has 164 valence electrons. The van der Waals surface area contributed by atoms with Crippen LogP contribution in [0.15, 0.2) is 33.6 Å². The van der Waals surface area contributed by atoms with Crippen LogP contribution in [0, 0.1) is 6.92 Å². The van der Waals surface area contributed by atoms with E-state index in [4.69, 9.17) is 32.4 Å². The van der Waals surface area contributed by atoms with Crippen LogP contribution in [-0.2, 0) is 32.7 Å². The summed E-state index contributed by atoms with van der Waals surface area (Å²) in [7, 11) is -3.73. The van der Waals surface area contributed by atoms with Gasteiger partial charge < -0.3 is 9.15 Å². The van der Waals surface area contributed by atoms with Crippen molar-refractivity contribution in [2.75, 3.05) is 26.2 Å². The van der Waals surface area contributed by atoms with E-state index in [2.05, 4.69) is 4.90 Å². The largest absolute Gasteiger partial charge is 0.461 e. The Morgan fingerprint density at radius 1 is 1.13 bits per heavy atom. The predicted octanol–water partition coefficient (Wildman–Crippen LogP) is 3.85. The number of hydrogen-bond donors (Lipinski definition) is 0.